The molecule has 4 nitrogen and oxygen atoms in total. The van der Waals surface area contributed by atoms with Gasteiger partial charge in [0.25, 0.3) is 0 Å². The summed E-state index contributed by atoms with van der Waals surface area (Å²) < 4.78 is 1.88. The molecule has 20 heavy (non-hydrogen) atoms. The van der Waals surface area contributed by atoms with Crippen molar-refractivity contribution in [2.24, 2.45) is 0 Å². The zero-order chi connectivity index (χ0) is 14.3. The third kappa shape index (κ3) is 2.11. The van der Waals surface area contributed by atoms with E-state index in [1.165, 1.54) is 11.1 Å². The average Bonchev–Trinajstić information content (AvgIpc) is 2.82. The number of fused-ring (bicyclic) bond motifs is 1. The molecule has 4 heteroatoms. The Balaban J connectivity index is 2.06. The van der Waals surface area contributed by atoms with Crippen molar-refractivity contribution in [1.29, 1.82) is 0 Å². The second-order valence-electron chi connectivity index (χ2n) is 5.70. The van der Waals surface area contributed by atoms with Gasteiger partial charge in [-0.2, -0.15) is 5.10 Å². The number of hydrogen-bond acceptors (Lipinski definition) is 2. The quantitative estimate of drug-likeness (QED) is 0.909. The molecular formula is C16H19N3O. The van der Waals surface area contributed by atoms with E-state index in [9.17, 15) is 4.79 Å². The Morgan fingerprint density at radius 2 is 2.00 bits per heavy atom. The molecule has 0 bridgehead atoms. The minimum Gasteiger partial charge on any atom is -0.311 e. The van der Waals surface area contributed by atoms with Crippen LogP contribution in [0, 0.1) is 6.92 Å². The Morgan fingerprint density at radius 1 is 1.30 bits per heavy atom. The van der Waals surface area contributed by atoms with E-state index in [0.717, 1.165) is 11.4 Å². The van der Waals surface area contributed by atoms with E-state index < -0.39 is 0 Å². The van der Waals surface area contributed by atoms with Crippen LogP contribution < -0.4 is 5.32 Å². The van der Waals surface area contributed by atoms with Gasteiger partial charge in [0.1, 0.15) is 5.82 Å². The van der Waals surface area contributed by atoms with Crippen molar-refractivity contribution in [2.75, 3.05) is 5.32 Å². The van der Waals surface area contributed by atoms with Gasteiger partial charge in [0.2, 0.25) is 5.91 Å². The fourth-order valence-corrected chi connectivity index (χ4v) is 2.73. The number of aryl methyl sites for hydroxylation is 1. The summed E-state index contributed by atoms with van der Waals surface area (Å²) in [5.41, 5.74) is 3.52. The summed E-state index contributed by atoms with van der Waals surface area (Å²) >= 11 is 0. The molecule has 1 N–H and O–H groups in total. The van der Waals surface area contributed by atoms with Crippen molar-refractivity contribution in [3.05, 3.63) is 47.2 Å². The second kappa shape index (κ2) is 4.78. The van der Waals surface area contributed by atoms with Crippen LogP contribution in [0.25, 0.3) is 0 Å². The van der Waals surface area contributed by atoms with Gasteiger partial charge in [-0.3, -0.25) is 4.79 Å². The molecular weight excluding hydrogens is 250 g/mol. The predicted molar refractivity (Wildman–Crippen MR) is 78.9 cm³/mol. The van der Waals surface area contributed by atoms with E-state index in [-0.39, 0.29) is 17.9 Å². The Morgan fingerprint density at radius 3 is 2.65 bits per heavy atom. The molecule has 0 spiro atoms. The largest absolute Gasteiger partial charge is 0.311 e. The van der Waals surface area contributed by atoms with Crippen molar-refractivity contribution in [2.45, 2.75) is 39.2 Å². The first-order valence-electron chi connectivity index (χ1n) is 7.00. The standard InChI is InChI=1S/C16H19N3O/c1-10(2)19-16-14(9-17-19)13(8-15(20)18-16)12-6-4-11(3)5-7-12/h4-7,9-10,13H,8H2,1-3H3,(H,18,20)/t13-/m0/s1. The highest BCUT2D eigenvalue weighted by atomic mass is 16.1. The zero-order valence-electron chi connectivity index (χ0n) is 12.1. The van der Waals surface area contributed by atoms with Gasteiger partial charge in [-0.05, 0) is 26.3 Å². The predicted octanol–water partition coefficient (Wildman–Crippen LogP) is 3.25. The van der Waals surface area contributed by atoms with E-state index in [2.05, 4.69) is 55.5 Å². The number of nitrogens with one attached hydrogen (secondary N) is 1. The highest BCUT2D eigenvalue weighted by Crippen LogP contribution is 2.37. The third-order valence-corrected chi connectivity index (χ3v) is 3.82. The molecule has 2 aromatic rings. The van der Waals surface area contributed by atoms with Crippen molar-refractivity contribution < 1.29 is 4.79 Å². The smallest absolute Gasteiger partial charge is 0.226 e. The van der Waals surface area contributed by atoms with Crippen molar-refractivity contribution in [3.63, 3.8) is 0 Å². The van der Waals surface area contributed by atoms with Gasteiger partial charge < -0.3 is 5.32 Å². The molecule has 0 aliphatic carbocycles. The maximum Gasteiger partial charge on any atom is 0.226 e. The van der Waals surface area contributed by atoms with Gasteiger partial charge >= 0.3 is 0 Å². The lowest BCUT2D eigenvalue weighted by molar-refractivity contribution is -0.116. The Hall–Kier alpha value is -2.10. The van der Waals surface area contributed by atoms with Gasteiger partial charge in [0.15, 0.2) is 0 Å². The molecule has 104 valence electrons. The lowest BCUT2D eigenvalue weighted by Gasteiger charge is -2.24. The topological polar surface area (TPSA) is 46.9 Å². The third-order valence-electron chi connectivity index (χ3n) is 3.82. The van der Waals surface area contributed by atoms with Crippen LogP contribution in [0.5, 0.6) is 0 Å². The Kier molecular flexibility index (Phi) is 3.08. The molecule has 0 unspecified atom stereocenters. The Labute approximate surface area is 118 Å². The van der Waals surface area contributed by atoms with Crippen LogP contribution in [0.3, 0.4) is 0 Å². The second-order valence-corrected chi connectivity index (χ2v) is 5.70. The average molecular weight is 269 g/mol. The minimum absolute atomic E-state index is 0.0606. The Bertz CT molecular complexity index is 640. The fraction of sp³-hybridized carbons (Fsp3) is 0.375. The molecule has 1 aliphatic rings. The first-order chi connectivity index (χ1) is 9.56. The van der Waals surface area contributed by atoms with Crippen molar-refractivity contribution >= 4 is 11.7 Å². The summed E-state index contributed by atoms with van der Waals surface area (Å²) in [5, 5.41) is 7.39. The summed E-state index contributed by atoms with van der Waals surface area (Å²) in [6.45, 7) is 6.20. The SMILES string of the molecule is Cc1ccc([C@@H]2CC(=O)Nc3c2cnn3C(C)C)cc1. The normalized spacial score (nSPS) is 18.0. The van der Waals surface area contributed by atoms with Gasteiger partial charge in [-0.15, -0.1) is 0 Å². The summed E-state index contributed by atoms with van der Waals surface area (Å²) in [6, 6.07) is 8.63. The maximum absolute atomic E-state index is 12.0. The number of carbonyl (C=O) groups excluding carboxylic acids is 1. The number of amides is 1. The van der Waals surface area contributed by atoms with Crippen molar-refractivity contribution in [1.82, 2.24) is 9.78 Å². The molecule has 2 heterocycles. The van der Waals surface area contributed by atoms with Crippen LogP contribution in [-0.4, -0.2) is 15.7 Å². The molecule has 1 atom stereocenters. The van der Waals surface area contributed by atoms with E-state index in [4.69, 9.17) is 0 Å². The zero-order valence-corrected chi connectivity index (χ0v) is 12.1. The van der Waals surface area contributed by atoms with E-state index in [1.54, 1.807) is 0 Å². The van der Waals surface area contributed by atoms with Gasteiger partial charge in [0, 0.05) is 23.9 Å². The number of rotatable bonds is 2. The molecule has 3 rings (SSSR count). The lowest BCUT2D eigenvalue weighted by Crippen LogP contribution is -2.25. The van der Waals surface area contributed by atoms with Gasteiger partial charge in [0.05, 0.1) is 6.20 Å². The van der Waals surface area contributed by atoms with Crippen LogP contribution in [0.15, 0.2) is 30.5 Å². The number of hydrogen-bond donors (Lipinski definition) is 1. The molecule has 1 aromatic heterocycles. The first kappa shape index (κ1) is 12.9. The van der Waals surface area contributed by atoms with Crippen LogP contribution in [-0.2, 0) is 4.79 Å². The molecule has 0 saturated heterocycles. The van der Waals surface area contributed by atoms with Gasteiger partial charge in [-0.25, -0.2) is 4.68 Å². The van der Waals surface area contributed by atoms with E-state index in [1.807, 2.05) is 10.9 Å². The van der Waals surface area contributed by atoms with Crippen LogP contribution in [0.4, 0.5) is 5.82 Å². The number of nitrogens with zero attached hydrogens (tertiary/aromatic N) is 2. The number of benzene rings is 1. The summed E-state index contributed by atoms with van der Waals surface area (Å²) in [6.07, 6.45) is 2.37. The first-order valence-corrected chi connectivity index (χ1v) is 7.00. The van der Waals surface area contributed by atoms with Crippen molar-refractivity contribution in [3.8, 4) is 0 Å². The van der Waals surface area contributed by atoms with E-state index >= 15 is 0 Å². The molecule has 1 aliphatic heterocycles. The van der Waals surface area contributed by atoms with Gasteiger partial charge in [-0.1, -0.05) is 29.8 Å². The minimum atomic E-state index is 0.0606. The molecule has 1 amide bonds. The summed E-state index contributed by atoms with van der Waals surface area (Å²) in [7, 11) is 0. The highest BCUT2D eigenvalue weighted by molar-refractivity contribution is 5.94. The monoisotopic (exact) mass is 269 g/mol. The lowest BCUT2D eigenvalue weighted by atomic mass is 9.87. The van der Waals surface area contributed by atoms with Crippen LogP contribution >= 0.6 is 0 Å². The van der Waals surface area contributed by atoms with E-state index in [0.29, 0.717) is 6.42 Å². The highest BCUT2D eigenvalue weighted by Gasteiger charge is 2.30. The summed E-state index contributed by atoms with van der Waals surface area (Å²) in [5.74, 6) is 1.01. The molecule has 1 aromatic carbocycles. The molecule has 0 fully saturated rings. The molecule has 0 radical (unpaired) electrons. The fourth-order valence-electron chi connectivity index (χ4n) is 2.73. The summed E-state index contributed by atoms with van der Waals surface area (Å²) in [4.78, 5) is 12.0. The maximum atomic E-state index is 12.0. The number of anilines is 1. The van der Waals surface area contributed by atoms with Crippen LogP contribution in [0.1, 0.15) is 48.9 Å². The number of aromatic nitrogens is 2. The number of carbonyl (C=O) groups is 1. The molecule has 0 saturated carbocycles. The van der Waals surface area contributed by atoms with Crippen LogP contribution in [0.2, 0.25) is 0 Å².